The summed E-state index contributed by atoms with van der Waals surface area (Å²) in [6.45, 7) is 0. The minimum atomic E-state index is 0.220. The van der Waals surface area contributed by atoms with Crippen LogP contribution >= 0.6 is 11.6 Å². The van der Waals surface area contributed by atoms with Gasteiger partial charge in [0.25, 0.3) is 0 Å². The molecule has 0 aliphatic heterocycles. The van der Waals surface area contributed by atoms with Crippen molar-refractivity contribution in [2.24, 2.45) is 29.1 Å². The molecule has 5 aromatic carbocycles. The summed E-state index contributed by atoms with van der Waals surface area (Å²) in [4.78, 5) is 0. The van der Waals surface area contributed by atoms with E-state index in [-0.39, 0.29) is 5.41 Å². The molecule has 4 fully saturated rings. The Balaban J connectivity index is 1.06. The van der Waals surface area contributed by atoms with E-state index in [0.29, 0.717) is 5.41 Å². The average molecular weight is 574 g/mol. The van der Waals surface area contributed by atoms with Crippen molar-refractivity contribution in [1.29, 1.82) is 0 Å². The topological polar surface area (TPSA) is 4.93 Å². The van der Waals surface area contributed by atoms with Crippen molar-refractivity contribution in [3.05, 3.63) is 125 Å². The van der Waals surface area contributed by atoms with Gasteiger partial charge in [-0.05, 0) is 137 Å². The van der Waals surface area contributed by atoms with Crippen LogP contribution in [0, 0.1) is 29.1 Å². The minimum Gasteiger partial charge on any atom is -0.309 e. The molecule has 0 N–H and O–H groups in total. The van der Waals surface area contributed by atoms with Gasteiger partial charge in [0.2, 0.25) is 0 Å². The third-order valence-corrected chi connectivity index (χ3v) is 13.2. The molecule has 1 heterocycles. The van der Waals surface area contributed by atoms with Gasteiger partial charge in [-0.15, -0.1) is 0 Å². The van der Waals surface area contributed by atoms with Crippen LogP contribution in [-0.2, 0) is 5.41 Å². The highest BCUT2D eigenvalue weighted by Gasteiger charge is 2.76. The van der Waals surface area contributed by atoms with Crippen molar-refractivity contribution in [1.82, 2.24) is 4.57 Å². The molecule has 11 rings (SSSR count). The average Bonchev–Trinajstić information content (AvgIpc) is 3.63. The van der Waals surface area contributed by atoms with E-state index in [1.54, 1.807) is 11.1 Å². The molecule has 208 valence electrons. The van der Waals surface area contributed by atoms with Gasteiger partial charge >= 0.3 is 0 Å². The molecule has 2 heteroatoms. The normalized spacial score (nSPS) is 30.6. The number of nitrogens with zero attached hydrogens (tertiary/aromatic N) is 1. The van der Waals surface area contributed by atoms with Gasteiger partial charge in [0.1, 0.15) is 0 Å². The summed E-state index contributed by atoms with van der Waals surface area (Å²) in [5, 5.41) is 3.21. The van der Waals surface area contributed by atoms with Crippen LogP contribution in [0.2, 0.25) is 5.02 Å². The summed E-state index contributed by atoms with van der Waals surface area (Å²) in [5.74, 6) is 3.59. The lowest BCUT2D eigenvalue weighted by molar-refractivity contribution is -0.0193. The van der Waals surface area contributed by atoms with E-state index in [9.17, 15) is 0 Å². The molecule has 3 bridgehead atoms. The second-order valence-corrected chi connectivity index (χ2v) is 14.8. The SMILES string of the molecule is Clc1ccc2c(c1)c1ccccc1n2-c1ccc(-c2ccc3c(c2)C2(c4ccccc4-3)C3CC4CC5CC2C5(C4)C3)cc1. The molecule has 6 aromatic rings. The third kappa shape index (κ3) is 2.70. The highest BCUT2D eigenvalue weighted by atomic mass is 35.5. The summed E-state index contributed by atoms with van der Waals surface area (Å²) in [5.41, 5.74) is 13.4. The maximum absolute atomic E-state index is 6.43. The predicted octanol–water partition coefficient (Wildman–Crippen LogP) is 10.8. The van der Waals surface area contributed by atoms with Crippen LogP contribution in [0.5, 0.6) is 0 Å². The lowest BCUT2D eigenvalue weighted by Gasteiger charge is -2.54. The highest BCUT2D eigenvalue weighted by molar-refractivity contribution is 6.32. The Morgan fingerprint density at radius 1 is 0.605 bits per heavy atom. The van der Waals surface area contributed by atoms with Crippen LogP contribution in [-0.4, -0.2) is 4.57 Å². The van der Waals surface area contributed by atoms with E-state index >= 15 is 0 Å². The number of rotatable bonds is 2. The van der Waals surface area contributed by atoms with E-state index < -0.39 is 0 Å². The molecule has 6 atom stereocenters. The molecule has 0 radical (unpaired) electrons. The van der Waals surface area contributed by atoms with Gasteiger partial charge in [-0.1, -0.05) is 78.3 Å². The molecule has 43 heavy (non-hydrogen) atoms. The fraction of sp³-hybridized carbons (Fsp3) is 0.268. The molecule has 0 amide bonds. The number of benzene rings is 5. The Bertz CT molecular complexity index is 2170. The summed E-state index contributed by atoms with van der Waals surface area (Å²) in [6, 6.07) is 41.1. The van der Waals surface area contributed by atoms with E-state index in [1.807, 2.05) is 6.07 Å². The van der Waals surface area contributed by atoms with E-state index in [1.165, 1.54) is 81.9 Å². The van der Waals surface area contributed by atoms with Gasteiger partial charge in [-0.3, -0.25) is 0 Å². The smallest absolute Gasteiger partial charge is 0.0542 e. The molecule has 0 saturated heterocycles. The fourth-order valence-corrected chi connectivity index (χ4v) is 11.9. The molecule has 1 aromatic heterocycles. The van der Waals surface area contributed by atoms with E-state index in [2.05, 4.69) is 108 Å². The summed E-state index contributed by atoms with van der Waals surface area (Å²) in [6.07, 6.45) is 7.38. The van der Waals surface area contributed by atoms with Crippen LogP contribution in [0.25, 0.3) is 49.7 Å². The summed E-state index contributed by atoms with van der Waals surface area (Å²) >= 11 is 6.43. The second kappa shape index (κ2) is 7.82. The molecule has 4 saturated carbocycles. The van der Waals surface area contributed by atoms with E-state index in [4.69, 9.17) is 11.6 Å². The maximum atomic E-state index is 6.43. The van der Waals surface area contributed by atoms with Gasteiger partial charge < -0.3 is 4.57 Å². The molecule has 5 aliphatic carbocycles. The Hall–Kier alpha value is -3.81. The monoisotopic (exact) mass is 573 g/mol. The zero-order chi connectivity index (χ0) is 28.1. The van der Waals surface area contributed by atoms with Crippen molar-refractivity contribution in [3.63, 3.8) is 0 Å². The highest BCUT2D eigenvalue weighted by Crippen LogP contribution is 2.83. The second-order valence-electron chi connectivity index (χ2n) is 14.4. The molecule has 6 unspecified atom stereocenters. The maximum Gasteiger partial charge on any atom is 0.0542 e. The minimum absolute atomic E-state index is 0.220. The quantitative estimate of drug-likeness (QED) is 0.194. The molecule has 2 spiro atoms. The van der Waals surface area contributed by atoms with Crippen molar-refractivity contribution in [2.75, 3.05) is 0 Å². The van der Waals surface area contributed by atoms with Crippen LogP contribution in [0.15, 0.2) is 109 Å². The Morgan fingerprint density at radius 2 is 1.37 bits per heavy atom. The third-order valence-electron chi connectivity index (χ3n) is 13.0. The predicted molar refractivity (Wildman–Crippen MR) is 177 cm³/mol. The zero-order valence-electron chi connectivity index (χ0n) is 24.1. The zero-order valence-corrected chi connectivity index (χ0v) is 24.8. The van der Waals surface area contributed by atoms with Crippen molar-refractivity contribution in [2.45, 2.75) is 37.5 Å². The number of aromatic nitrogens is 1. The molecular formula is C41H32ClN. The largest absolute Gasteiger partial charge is 0.309 e. The van der Waals surface area contributed by atoms with Crippen molar-refractivity contribution >= 4 is 33.4 Å². The van der Waals surface area contributed by atoms with Gasteiger partial charge in [-0.2, -0.15) is 0 Å². The number of hydrogen-bond acceptors (Lipinski definition) is 0. The van der Waals surface area contributed by atoms with Gasteiger partial charge in [0.15, 0.2) is 0 Å². The number of fused-ring (bicyclic) bond motifs is 12. The standard InChI is InChI=1S/C41H32ClN/c42-29-12-16-38-34(21-29)33-6-2-4-8-37(33)43(38)30-13-9-25(10-14-30)26-11-15-32-31-5-1-3-7-35(31)41(36(32)19-26)28-18-24-17-27-20-39(41)40(27,22-24)23-28/h1-16,19,21,24,27-28,39H,17-18,20,22-23H2. The lowest BCUT2D eigenvalue weighted by Crippen LogP contribution is -2.50. The number of halogens is 1. The first-order chi connectivity index (χ1) is 21.1. The number of hydrogen-bond donors (Lipinski definition) is 0. The van der Waals surface area contributed by atoms with Crippen molar-refractivity contribution < 1.29 is 0 Å². The summed E-state index contributed by atoms with van der Waals surface area (Å²) < 4.78 is 2.37. The Kier molecular flexibility index (Phi) is 4.30. The molecule has 5 aliphatic rings. The molecule has 1 nitrogen and oxygen atoms in total. The van der Waals surface area contributed by atoms with E-state index in [0.717, 1.165) is 28.7 Å². The van der Waals surface area contributed by atoms with Crippen LogP contribution in [0.3, 0.4) is 0 Å². The first-order valence-electron chi connectivity index (χ1n) is 16.2. The lowest BCUT2D eigenvalue weighted by atomic mass is 9.49. The van der Waals surface area contributed by atoms with Crippen LogP contribution in [0.1, 0.15) is 43.2 Å². The first kappa shape index (κ1) is 23.6. The Morgan fingerprint density at radius 3 is 2.30 bits per heavy atom. The first-order valence-corrected chi connectivity index (χ1v) is 16.6. The Labute approximate surface area is 257 Å². The molecular weight excluding hydrogens is 542 g/mol. The van der Waals surface area contributed by atoms with Crippen LogP contribution < -0.4 is 0 Å². The fourth-order valence-electron chi connectivity index (χ4n) is 11.7. The number of para-hydroxylation sites is 1. The summed E-state index contributed by atoms with van der Waals surface area (Å²) in [7, 11) is 0. The van der Waals surface area contributed by atoms with Crippen molar-refractivity contribution in [3.8, 4) is 27.9 Å². The van der Waals surface area contributed by atoms with Gasteiger partial charge in [0, 0.05) is 26.9 Å². The van der Waals surface area contributed by atoms with Gasteiger partial charge in [0.05, 0.1) is 11.0 Å². The van der Waals surface area contributed by atoms with Gasteiger partial charge in [-0.25, -0.2) is 0 Å². The van der Waals surface area contributed by atoms with Crippen LogP contribution in [0.4, 0.5) is 0 Å².